The molecule has 3 heterocycles. The van der Waals surface area contributed by atoms with Crippen LogP contribution in [0.25, 0.3) is 28.0 Å². The second kappa shape index (κ2) is 7.10. The minimum Gasteiger partial charge on any atom is -0.378 e. The highest BCUT2D eigenvalue weighted by Gasteiger charge is 2.19. The van der Waals surface area contributed by atoms with Gasteiger partial charge < -0.3 is 9.64 Å². The molecule has 0 unspecified atom stereocenters. The highest BCUT2D eigenvalue weighted by atomic mass is 19.1. The molecule has 1 aliphatic heterocycles. The first-order chi connectivity index (χ1) is 14.2. The molecule has 1 fully saturated rings. The average Bonchev–Trinajstić information content (AvgIpc) is 3.42. The molecule has 5 rings (SSSR count). The lowest BCUT2D eigenvalue weighted by Crippen LogP contribution is -2.40. The zero-order valence-corrected chi connectivity index (χ0v) is 15.4. The topological polar surface area (TPSA) is 88.9 Å². The van der Waals surface area contributed by atoms with E-state index >= 15 is 0 Å². The maximum absolute atomic E-state index is 14.2. The van der Waals surface area contributed by atoms with Crippen LogP contribution < -0.4 is 0 Å². The first kappa shape index (κ1) is 17.5. The van der Waals surface area contributed by atoms with Gasteiger partial charge in [0, 0.05) is 18.7 Å². The molecule has 1 N–H and O–H groups in total. The monoisotopic (exact) mass is 392 g/mol. The number of benzene rings is 2. The van der Waals surface area contributed by atoms with Gasteiger partial charge >= 0.3 is 0 Å². The Bertz CT molecular complexity index is 1180. The lowest BCUT2D eigenvalue weighted by molar-refractivity contribution is 0.0303. The van der Waals surface area contributed by atoms with Crippen LogP contribution in [-0.4, -0.2) is 62.3 Å². The van der Waals surface area contributed by atoms with Crippen LogP contribution in [0.5, 0.6) is 0 Å². The Hall–Kier alpha value is -3.59. The summed E-state index contributed by atoms with van der Waals surface area (Å²) in [4.78, 5) is 14.3. The summed E-state index contributed by atoms with van der Waals surface area (Å²) in [6, 6.07) is 11.9. The summed E-state index contributed by atoms with van der Waals surface area (Å²) in [5.41, 5.74) is 2.80. The van der Waals surface area contributed by atoms with Crippen LogP contribution in [0.3, 0.4) is 0 Å². The van der Waals surface area contributed by atoms with Gasteiger partial charge in [0.15, 0.2) is 0 Å². The number of hydrogen-bond donors (Lipinski definition) is 1. The fraction of sp³-hybridized carbons (Fsp3) is 0.200. The van der Waals surface area contributed by atoms with Crippen molar-refractivity contribution in [1.29, 1.82) is 0 Å². The first-order valence-electron chi connectivity index (χ1n) is 9.23. The van der Waals surface area contributed by atoms with Crippen LogP contribution >= 0.6 is 0 Å². The van der Waals surface area contributed by atoms with Crippen LogP contribution in [0.1, 0.15) is 10.4 Å². The average molecular weight is 392 g/mol. The highest BCUT2D eigenvalue weighted by molar-refractivity contribution is 5.94. The third-order valence-electron chi connectivity index (χ3n) is 4.95. The molecule has 29 heavy (non-hydrogen) atoms. The minimum atomic E-state index is -0.369. The number of rotatable bonds is 3. The molecule has 0 atom stereocenters. The Morgan fingerprint density at radius 1 is 1.10 bits per heavy atom. The van der Waals surface area contributed by atoms with E-state index in [1.165, 1.54) is 6.07 Å². The van der Waals surface area contributed by atoms with Crippen LogP contribution in [-0.2, 0) is 4.74 Å². The number of nitrogens with zero attached hydrogens (tertiary/aromatic N) is 5. The number of carbonyl (C=O) groups is 1. The molecule has 4 aromatic rings. The van der Waals surface area contributed by atoms with Crippen LogP contribution in [0.4, 0.5) is 4.39 Å². The molecular weight excluding hydrogens is 375 g/mol. The van der Waals surface area contributed by atoms with Crippen molar-refractivity contribution in [3.05, 3.63) is 60.0 Å². The largest absolute Gasteiger partial charge is 0.378 e. The lowest BCUT2D eigenvalue weighted by Gasteiger charge is -2.26. The number of H-pyrrole nitrogens is 1. The van der Waals surface area contributed by atoms with E-state index < -0.39 is 0 Å². The summed E-state index contributed by atoms with van der Waals surface area (Å²) in [7, 11) is 0. The number of morpholine rings is 1. The molecule has 1 aliphatic rings. The Balaban J connectivity index is 1.41. The van der Waals surface area contributed by atoms with E-state index in [1.807, 2.05) is 0 Å². The van der Waals surface area contributed by atoms with Crippen LogP contribution in [0, 0.1) is 5.82 Å². The number of nitrogens with one attached hydrogen (secondary N) is 1. The highest BCUT2D eigenvalue weighted by Crippen LogP contribution is 2.27. The number of fused-ring (bicyclic) bond motifs is 1. The van der Waals surface area contributed by atoms with E-state index in [0.29, 0.717) is 54.2 Å². The van der Waals surface area contributed by atoms with Crippen molar-refractivity contribution in [2.75, 3.05) is 26.3 Å². The second-order valence-corrected chi connectivity index (χ2v) is 6.73. The van der Waals surface area contributed by atoms with E-state index in [0.717, 1.165) is 5.69 Å². The van der Waals surface area contributed by atoms with E-state index in [2.05, 4.69) is 20.5 Å². The van der Waals surface area contributed by atoms with E-state index in [4.69, 9.17) is 4.74 Å². The minimum absolute atomic E-state index is 0.0161. The van der Waals surface area contributed by atoms with Crippen molar-refractivity contribution >= 4 is 16.8 Å². The SMILES string of the molecule is O=C(c1ccc(-n2cc(-c3n[nH]c4cccc(F)c34)nn2)cc1)N1CCOCC1. The van der Waals surface area contributed by atoms with Crippen molar-refractivity contribution in [2.45, 2.75) is 0 Å². The van der Waals surface area contributed by atoms with Crippen molar-refractivity contribution in [3.63, 3.8) is 0 Å². The van der Waals surface area contributed by atoms with Gasteiger partial charge in [0.1, 0.15) is 17.2 Å². The molecule has 1 amide bonds. The number of halogens is 1. The van der Waals surface area contributed by atoms with Crippen molar-refractivity contribution < 1.29 is 13.9 Å². The molecule has 2 aromatic carbocycles. The first-order valence-corrected chi connectivity index (χ1v) is 9.23. The van der Waals surface area contributed by atoms with Crippen LogP contribution in [0.2, 0.25) is 0 Å². The van der Waals surface area contributed by atoms with Crippen LogP contribution in [0.15, 0.2) is 48.7 Å². The molecule has 2 aromatic heterocycles. The van der Waals surface area contributed by atoms with Crippen molar-refractivity contribution in [2.24, 2.45) is 0 Å². The zero-order chi connectivity index (χ0) is 19.8. The summed E-state index contributed by atoms with van der Waals surface area (Å²) in [5, 5.41) is 15.6. The van der Waals surface area contributed by atoms with Gasteiger partial charge in [-0.1, -0.05) is 11.3 Å². The third kappa shape index (κ3) is 3.15. The summed E-state index contributed by atoms with van der Waals surface area (Å²) >= 11 is 0. The summed E-state index contributed by atoms with van der Waals surface area (Å²) in [6.45, 7) is 2.32. The Morgan fingerprint density at radius 2 is 1.90 bits per heavy atom. The molecule has 0 radical (unpaired) electrons. The number of aromatic amines is 1. The lowest BCUT2D eigenvalue weighted by atomic mass is 10.1. The number of carbonyl (C=O) groups excluding carboxylic acids is 1. The maximum atomic E-state index is 14.2. The molecule has 9 heteroatoms. The van der Waals surface area contributed by atoms with E-state index in [1.54, 1.807) is 52.2 Å². The standard InChI is InChI=1S/C20H17FN6O2/c21-15-2-1-3-16-18(15)19(24-22-16)17-12-27(25-23-17)14-6-4-13(5-7-14)20(28)26-8-10-29-11-9-26/h1-7,12H,8-11H2,(H,22,24). The smallest absolute Gasteiger partial charge is 0.254 e. The predicted octanol–water partition coefficient (Wildman–Crippen LogP) is 2.42. The van der Waals surface area contributed by atoms with Gasteiger partial charge in [-0.05, 0) is 36.4 Å². The third-order valence-corrected chi connectivity index (χ3v) is 4.95. The normalized spacial score (nSPS) is 14.4. The fourth-order valence-electron chi connectivity index (χ4n) is 3.42. The molecule has 0 saturated carbocycles. The molecule has 146 valence electrons. The zero-order valence-electron chi connectivity index (χ0n) is 15.4. The second-order valence-electron chi connectivity index (χ2n) is 6.73. The van der Waals surface area contributed by atoms with Gasteiger partial charge in [-0.3, -0.25) is 9.89 Å². The molecule has 0 spiro atoms. The Labute approximate surface area is 164 Å². The number of ether oxygens (including phenoxy) is 1. The van der Waals surface area contributed by atoms with E-state index in [9.17, 15) is 9.18 Å². The van der Waals surface area contributed by atoms with Crippen molar-refractivity contribution in [3.8, 4) is 17.1 Å². The molecule has 0 aliphatic carbocycles. The van der Waals surface area contributed by atoms with Gasteiger partial charge in [-0.25, -0.2) is 9.07 Å². The van der Waals surface area contributed by atoms with Gasteiger partial charge in [0.25, 0.3) is 5.91 Å². The summed E-state index contributed by atoms with van der Waals surface area (Å²) < 4.78 is 21.1. The molecule has 0 bridgehead atoms. The van der Waals surface area contributed by atoms with Gasteiger partial charge in [0.05, 0.1) is 36.0 Å². The molecular formula is C20H17FN6O2. The number of amides is 1. The maximum Gasteiger partial charge on any atom is 0.254 e. The van der Waals surface area contributed by atoms with Gasteiger partial charge in [0.2, 0.25) is 0 Å². The Kier molecular flexibility index (Phi) is 4.28. The number of aromatic nitrogens is 5. The van der Waals surface area contributed by atoms with E-state index in [-0.39, 0.29) is 11.7 Å². The molecule has 1 saturated heterocycles. The predicted molar refractivity (Wildman–Crippen MR) is 103 cm³/mol. The number of hydrogen-bond acceptors (Lipinski definition) is 5. The molecule has 8 nitrogen and oxygen atoms in total. The van der Waals surface area contributed by atoms with Gasteiger partial charge in [-0.2, -0.15) is 5.10 Å². The summed E-state index contributed by atoms with van der Waals surface area (Å²) in [5.74, 6) is -0.385. The van der Waals surface area contributed by atoms with Crippen molar-refractivity contribution in [1.82, 2.24) is 30.1 Å². The summed E-state index contributed by atoms with van der Waals surface area (Å²) in [6.07, 6.45) is 1.68. The fourth-order valence-corrected chi connectivity index (χ4v) is 3.42. The Morgan fingerprint density at radius 3 is 2.69 bits per heavy atom. The van der Waals surface area contributed by atoms with Gasteiger partial charge in [-0.15, -0.1) is 5.10 Å². The quantitative estimate of drug-likeness (QED) is 0.578.